The van der Waals surface area contributed by atoms with Crippen molar-refractivity contribution in [1.29, 1.82) is 0 Å². The number of hydrogen-bond acceptors (Lipinski definition) is 3. The molecule has 1 heterocycles. The van der Waals surface area contributed by atoms with Crippen LogP contribution in [0, 0.1) is 0 Å². The number of nitrogens with zero attached hydrogens (tertiary/aromatic N) is 1. The summed E-state index contributed by atoms with van der Waals surface area (Å²) in [6, 6.07) is 0. The average Bonchev–Trinajstić information content (AvgIpc) is 2.12. The van der Waals surface area contributed by atoms with E-state index in [1.165, 1.54) is 11.7 Å². The molecular weight excluding hydrogens is 197 g/mol. The van der Waals surface area contributed by atoms with Crippen LogP contribution in [-0.4, -0.2) is 16.1 Å². The molecule has 0 bridgehead atoms. The van der Waals surface area contributed by atoms with Gasteiger partial charge in [-0.15, -0.1) is 36.2 Å². The molecule has 0 aliphatic heterocycles. The Morgan fingerprint density at radius 2 is 2.20 bits per heavy atom. The summed E-state index contributed by atoms with van der Waals surface area (Å²) >= 11 is 1.12. The SMILES string of the molecule is Cl.Cl.O=C(O)c1cncs1. The van der Waals surface area contributed by atoms with E-state index in [9.17, 15) is 4.79 Å². The van der Waals surface area contributed by atoms with E-state index in [2.05, 4.69) is 4.98 Å². The molecule has 1 rings (SSSR count). The molecule has 6 heteroatoms. The molecule has 0 saturated heterocycles. The van der Waals surface area contributed by atoms with Crippen molar-refractivity contribution in [1.82, 2.24) is 4.98 Å². The van der Waals surface area contributed by atoms with Crippen LogP contribution in [0.5, 0.6) is 0 Å². The number of aromatic carboxylic acids is 1. The van der Waals surface area contributed by atoms with Gasteiger partial charge >= 0.3 is 5.97 Å². The Labute approximate surface area is 73.9 Å². The highest BCUT2D eigenvalue weighted by atomic mass is 35.5. The Hall–Kier alpha value is -0.320. The normalized spacial score (nSPS) is 7.20. The van der Waals surface area contributed by atoms with Gasteiger partial charge in [-0.2, -0.15) is 0 Å². The summed E-state index contributed by atoms with van der Waals surface area (Å²) in [6.07, 6.45) is 1.33. The predicted octanol–water partition coefficient (Wildman–Crippen LogP) is 1.68. The molecule has 3 nitrogen and oxygen atoms in total. The maximum atomic E-state index is 10.0. The Bertz CT molecular complexity index is 189. The van der Waals surface area contributed by atoms with Crippen LogP contribution < -0.4 is 0 Å². The van der Waals surface area contributed by atoms with Crippen molar-refractivity contribution in [3.63, 3.8) is 0 Å². The van der Waals surface area contributed by atoms with Crippen LogP contribution in [0.3, 0.4) is 0 Å². The molecule has 0 spiro atoms. The van der Waals surface area contributed by atoms with Gasteiger partial charge in [-0.25, -0.2) is 4.79 Å². The molecule has 0 aliphatic carbocycles. The van der Waals surface area contributed by atoms with E-state index in [1.807, 2.05) is 0 Å². The Kier molecular flexibility index (Phi) is 6.76. The van der Waals surface area contributed by atoms with Crippen LogP contribution in [0.15, 0.2) is 11.7 Å². The fourth-order valence-electron chi connectivity index (χ4n) is 0.321. The van der Waals surface area contributed by atoms with E-state index < -0.39 is 5.97 Å². The van der Waals surface area contributed by atoms with Crippen LogP contribution in [0.2, 0.25) is 0 Å². The van der Waals surface area contributed by atoms with E-state index >= 15 is 0 Å². The quantitative estimate of drug-likeness (QED) is 0.753. The van der Waals surface area contributed by atoms with E-state index in [0.717, 1.165) is 11.3 Å². The molecule has 0 saturated carbocycles. The van der Waals surface area contributed by atoms with Gasteiger partial charge in [0.25, 0.3) is 0 Å². The summed E-state index contributed by atoms with van der Waals surface area (Å²) in [7, 11) is 0. The molecule has 0 aliphatic rings. The fraction of sp³-hybridized carbons (Fsp3) is 0. The van der Waals surface area contributed by atoms with Crippen molar-refractivity contribution in [2.45, 2.75) is 0 Å². The van der Waals surface area contributed by atoms with Crippen molar-refractivity contribution >= 4 is 42.1 Å². The smallest absolute Gasteiger partial charge is 0.347 e. The van der Waals surface area contributed by atoms with Gasteiger partial charge in [0.1, 0.15) is 4.88 Å². The van der Waals surface area contributed by atoms with Crippen molar-refractivity contribution < 1.29 is 9.90 Å². The van der Waals surface area contributed by atoms with E-state index in [1.54, 1.807) is 0 Å². The molecule has 1 aromatic rings. The fourth-order valence-corrected chi connectivity index (χ4v) is 0.779. The second kappa shape index (κ2) is 5.46. The number of carbonyl (C=O) groups is 1. The first-order chi connectivity index (χ1) is 3.80. The third-order valence-corrected chi connectivity index (χ3v) is 1.40. The topological polar surface area (TPSA) is 50.2 Å². The maximum Gasteiger partial charge on any atom is 0.347 e. The predicted molar refractivity (Wildman–Crippen MR) is 43.6 cm³/mol. The lowest BCUT2D eigenvalue weighted by Gasteiger charge is -1.77. The first-order valence-corrected chi connectivity index (χ1v) is 2.80. The minimum absolute atomic E-state index is 0. The molecule has 0 unspecified atom stereocenters. The van der Waals surface area contributed by atoms with Crippen molar-refractivity contribution in [3.8, 4) is 0 Å². The van der Waals surface area contributed by atoms with Crippen molar-refractivity contribution in [2.24, 2.45) is 0 Å². The van der Waals surface area contributed by atoms with Crippen LogP contribution >= 0.6 is 36.2 Å². The summed E-state index contributed by atoms with van der Waals surface area (Å²) in [5, 5.41) is 8.24. The molecule has 0 aromatic carbocycles. The molecular formula is C4H5Cl2NO2S. The van der Waals surface area contributed by atoms with Crippen LogP contribution in [0.1, 0.15) is 9.67 Å². The summed E-state index contributed by atoms with van der Waals surface area (Å²) in [5.74, 6) is -0.910. The lowest BCUT2D eigenvalue weighted by Crippen LogP contribution is -1.89. The summed E-state index contributed by atoms with van der Waals surface area (Å²) in [4.78, 5) is 13.9. The standard InChI is InChI=1S/C4H3NO2S.2ClH/c6-4(7)3-1-5-2-8-3;;/h1-2H,(H,6,7);2*1H. The van der Waals surface area contributed by atoms with Crippen LogP contribution in [0.4, 0.5) is 0 Å². The lowest BCUT2D eigenvalue weighted by atomic mass is 10.6. The van der Waals surface area contributed by atoms with E-state index in [0.29, 0.717) is 0 Å². The second-order valence-corrected chi connectivity index (χ2v) is 2.06. The summed E-state index contributed by atoms with van der Waals surface area (Å²) in [6.45, 7) is 0. The molecule has 1 aromatic heterocycles. The zero-order valence-corrected chi connectivity index (χ0v) is 7.13. The third-order valence-electron chi connectivity index (χ3n) is 0.643. The lowest BCUT2D eigenvalue weighted by molar-refractivity contribution is 0.0702. The molecule has 58 valence electrons. The minimum atomic E-state index is -0.910. The maximum absolute atomic E-state index is 10.0. The molecule has 0 amide bonds. The Balaban J connectivity index is 0. The van der Waals surface area contributed by atoms with Crippen molar-refractivity contribution in [2.75, 3.05) is 0 Å². The van der Waals surface area contributed by atoms with Gasteiger partial charge < -0.3 is 5.11 Å². The van der Waals surface area contributed by atoms with Gasteiger partial charge in [0.15, 0.2) is 0 Å². The van der Waals surface area contributed by atoms with Gasteiger partial charge in [0, 0.05) is 0 Å². The largest absolute Gasteiger partial charge is 0.477 e. The molecule has 0 radical (unpaired) electrons. The number of carboxylic acids is 1. The van der Waals surface area contributed by atoms with E-state index in [-0.39, 0.29) is 29.7 Å². The number of aromatic nitrogens is 1. The Morgan fingerprint density at radius 3 is 2.40 bits per heavy atom. The van der Waals surface area contributed by atoms with Crippen LogP contribution in [-0.2, 0) is 0 Å². The summed E-state index contributed by atoms with van der Waals surface area (Å²) in [5.41, 5.74) is 1.49. The van der Waals surface area contributed by atoms with Gasteiger partial charge in [0.05, 0.1) is 11.7 Å². The van der Waals surface area contributed by atoms with E-state index in [4.69, 9.17) is 5.11 Å². The highest BCUT2D eigenvalue weighted by Gasteiger charge is 2.00. The zero-order valence-electron chi connectivity index (χ0n) is 4.68. The highest BCUT2D eigenvalue weighted by Crippen LogP contribution is 2.03. The second-order valence-electron chi connectivity index (χ2n) is 1.17. The molecule has 1 N–H and O–H groups in total. The van der Waals surface area contributed by atoms with Gasteiger partial charge in [0.2, 0.25) is 0 Å². The number of hydrogen-bond donors (Lipinski definition) is 1. The minimum Gasteiger partial charge on any atom is -0.477 e. The number of rotatable bonds is 1. The van der Waals surface area contributed by atoms with Crippen LogP contribution in [0.25, 0.3) is 0 Å². The Morgan fingerprint density at radius 1 is 1.60 bits per heavy atom. The molecule has 0 atom stereocenters. The van der Waals surface area contributed by atoms with Gasteiger partial charge in [-0.3, -0.25) is 4.98 Å². The number of halogens is 2. The number of carboxylic acid groups (broad SMARTS) is 1. The van der Waals surface area contributed by atoms with Gasteiger partial charge in [-0.05, 0) is 0 Å². The number of thiazole rings is 1. The highest BCUT2D eigenvalue weighted by molar-refractivity contribution is 7.11. The molecule has 10 heavy (non-hydrogen) atoms. The first kappa shape index (κ1) is 12.4. The third kappa shape index (κ3) is 3.00. The summed E-state index contributed by atoms with van der Waals surface area (Å²) < 4.78 is 0. The van der Waals surface area contributed by atoms with Gasteiger partial charge in [-0.1, -0.05) is 0 Å². The zero-order chi connectivity index (χ0) is 5.98. The monoisotopic (exact) mass is 201 g/mol. The van der Waals surface area contributed by atoms with Crippen molar-refractivity contribution in [3.05, 3.63) is 16.6 Å². The first-order valence-electron chi connectivity index (χ1n) is 1.92. The average molecular weight is 202 g/mol. The molecule has 0 fully saturated rings.